The maximum atomic E-state index is 11.7. The first-order chi connectivity index (χ1) is 20.7. The summed E-state index contributed by atoms with van der Waals surface area (Å²) in [6.07, 6.45) is 2.28. The molecule has 3 rings (SSSR count). The van der Waals surface area contributed by atoms with Crippen LogP contribution in [0.5, 0.6) is 0 Å². The number of carboxylic acids is 2. The van der Waals surface area contributed by atoms with Gasteiger partial charge in [0, 0.05) is 49.4 Å². The first-order valence-electron chi connectivity index (χ1n) is 12.8. The lowest BCUT2D eigenvalue weighted by atomic mass is 10.1. The van der Waals surface area contributed by atoms with E-state index in [1.807, 2.05) is 4.90 Å². The summed E-state index contributed by atoms with van der Waals surface area (Å²) in [5.41, 5.74) is 2.21. The number of aliphatic carboxylic acids is 2. The monoisotopic (exact) mass is 621 g/mol. The van der Waals surface area contributed by atoms with Gasteiger partial charge in [-0.2, -0.15) is 0 Å². The molecule has 2 heterocycles. The number of carbonyl (C=O) groups excluding carboxylic acids is 2. The van der Waals surface area contributed by atoms with E-state index in [2.05, 4.69) is 30.1 Å². The average molecular weight is 622 g/mol. The number of carboxylic acid groups (broad SMARTS) is 2. The van der Waals surface area contributed by atoms with Gasteiger partial charge in [0.15, 0.2) is 12.3 Å². The van der Waals surface area contributed by atoms with Gasteiger partial charge in [-0.3, -0.25) is 23.5 Å². The third-order valence-electron chi connectivity index (χ3n) is 6.05. The number of carbonyl (C=O) groups is 4. The molecule has 3 aromatic rings. The van der Waals surface area contributed by atoms with E-state index in [1.165, 1.54) is 21.8 Å². The number of ether oxygens (including phenoxy) is 2. The van der Waals surface area contributed by atoms with Gasteiger partial charge in [-0.05, 0) is 24.1 Å². The summed E-state index contributed by atoms with van der Waals surface area (Å²) in [5, 5.41) is 34.7. The molecular weight excluding hydrogens is 592 g/mol. The normalized spacial score (nSPS) is 13.2. The van der Waals surface area contributed by atoms with Gasteiger partial charge in [-0.25, -0.2) is 14.2 Å². The number of hydrogen-bond acceptors (Lipinski definition) is 13. The number of anilines is 1. The van der Waals surface area contributed by atoms with Crippen LogP contribution in [0.25, 0.3) is 0 Å². The van der Waals surface area contributed by atoms with Crippen molar-refractivity contribution in [2.45, 2.75) is 51.0 Å². The van der Waals surface area contributed by atoms with Crippen LogP contribution >= 0.6 is 0 Å². The highest BCUT2D eigenvalue weighted by atomic mass is 32.2. The summed E-state index contributed by atoms with van der Waals surface area (Å²) < 4.78 is 36.0. The van der Waals surface area contributed by atoms with Gasteiger partial charge in [0.25, 0.3) is 12.9 Å². The van der Waals surface area contributed by atoms with Crippen LogP contribution in [-0.2, 0) is 59.4 Å². The Morgan fingerprint density at radius 2 is 1.67 bits per heavy atom. The Hall–Kier alpha value is -4.75. The largest absolute Gasteiger partial charge is 0.755 e. The third-order valence-corrected chi connectivity index (χ3v) is 6.46. The summed E-state index contributed by atoms with van der Waals surface area (Å²) in [7, 11) is 0. The van der Waals surface area contributed by atoms with E-state index in [4.69, 9.17) is 9.84 Å². The van der Waals surface area contributed by atoms with Crippen molar-refractivity contribution in [2.75, 3.05) is 17.9 Å². The molecule has 0 bridgehead atoms. The Bertz CT molecular complexity index is 1380. The third kappa shape index (κ3) is 10.9. The minimum absolute atomic E-state index is 0.0135. The van der Waals surface area contributed by atoms with E-state index in [-0.39, 0.29) is 51.9 Å². The average Bonchev–Trinajstić information content (AvgIpc) is 3.62. The van der Waals surface area contributed by atoms with Crippen molar-refractivity contribution in [3.05, 3.63) is 53.6 Å². The maximum absolute atomic E-state index is 11.7. The molecule has 0 saturated heterocycles. The molecule has 0 amide bonds. The van der Waals surface area contributed by atoms with Gasteiger partial charge in [-0.15, -0.1) is 10.2 Å². The van der Waals surface area contributed by atoms with Crippen LogP contribution in [0.15, 0.2) is 36.7 Å². The van der Waals surface area contributed by atoms with E-state index in [0.717, 1.165) is 5.56 Å². The zero-order valence-electron chi connectivity index (χ0n) is 22.6. The molecule has 3 N–H and O–H groups in total. The Labute approximate surface area is 247 Å². The minimum Gasteiger partial charge on any atom is -0.755 e. The van der Waals surface area contributed by atoms with Gasteiger partial charge in [0.05, 0.1) is 36.8 Å². The zero-order chi connectivity index (χ0) is 31.2. The summed E-state index contributed by atoms with van der Waals surface area (Å²) in [4.78, 5) is 46.0. The lowest BCUT2D eigenvalue weighted by Gasteiger charge is -2.20. The van der Waals surface area contributed by atoms with Gasteiger partial charge in [0.1, 0.15) is 0 Å². The predicted molar refractivity (Wildman–Crippen MR) is 143 cm³/mol. The number of rotatable bonds is 21. The van der Waals surface area contributed by atoms with E-state index < -0.39 is 35.5 Å². The van der Waals surface area contributed by atoms with Crippen LogP contribution in [0.2, 0.25) is 0 Å². The molecule has 43 heavy (non-hydrogen) atoms. The molecule has 0 aliphatic rings. The van der Waals surface area contributed by atoms with E-state index >= 15 is 0 Å². The molecule has 1 unspecified atom stereocenters. The summed E-state index contributed by atoms with van der Waals surface area (Å²) in [5.74, 6) is -2.24. The smallest absolute Gasteiger partial charge is 0.328 e. The first-order valence-corrected chi connectivity index (χ1v) is 13.8. The van der Waals surface area contributed by atoms with Crippen molar-refractivity contribution < 1.29 is 47.6 Å². The standard InChI is InChI=1S/C24H30N8O10S/c33-15-41-10-8-21(24(37)38)31-13-19(25-28-31)11-30(9-7-17-1-3-18(4-2-17)27-43(39)40)12-20-14-32(29-26-20)22(42-16-34)5-6-23(35)36/h1-4,13-16,21-22,27H,5-12H2,(H,35,36)(H,37,38)(H,39,40)/p-1/t21-,22+/m0/s1. The molecule has 0 fully saturated rings. The van der Waals surface area contributed by atoms with Crippen molar-refractivity contribution >= 4 is 41.8 Å². The van der Waals surface area contributed by atoms with Gasteiger partial charge < -0.3 is 29.0 Å². The zero-order valence-corrected chi connectivity index (χ0v) is 23.4. The highest BCUT2D eigenvalue weighted by molar-refractivity contribution is 7.80. The second-order valence-electron chi connectivity index (χ2n) is 9.10. The van der Waals surface area contributed by atoms with Crippen molar-refractivity contribution in [2.24, 2.45) is 0 Å². The first kappa shape index (κ1) is 32.8. The molecule has 0 saturated carbocycles. The number of nitrogens with one attached hydrogen (secondary N) is 1. The molecule has 0 aliphatic carbocycles. The Morgan fingerprint density at radius 3 is 2.26 bits per heavy atom. The van der Waals surface area contributed by atoms with Crippen LogP contribution in [-0.4, -0.2) is 91.9 Å². The quantitative estimate of drug-likeness (QED) is 0.0808. The van der Waals surface area contributed by atoms with Gasteiger partial charge in [0.2, 0.25) is 0 Å². The second kappa shape index (κ2) is 16.6. The van der Waals surface area contributed by atoms with Crippen LogP contribution in [0.3, 0.4) is 0 Å². The summed E-state index contributed by atoms with van der Waals surface area (Å²) in [6.45, 7) is 1.21. The molecule has 232 valence electrons. The molecule has 2 aromatic heterocycles. The number of aromatic nitrogens is 6. The fourth-order valence-electron chi connectivity index (χ4n) is 4.03. The lowest BCUT2D eigenvalue weighted by Crippen LogP contribution is -2.26. The highest BCUT2D eigenvalue weighted by Crippen LogP contribution is 2.17. The van der Waals surface area contributed by atoms with Crippen molar-refractivity contribution in [1.82, 2.24) is 34.9 Å². The Kier molecular flexibility index (Phi) is 12.7. The molecular formula is C24H29N8O10S-. The highest BCUT2D eigenvalue weighted by Gasteiger charge is 2.23. The Balaban J connectivity index is 1.76. The molecule has 0 aliphatic heterocycles. The van der Waals surface area contributed by atoms with Crippen LogP contribution in [0, 0.1) is 0 Å². The number of benzene rings is 1. The summed E-state index contributed by atoms with van der Waals surface area (Å²) >= 11 is -2.45. The molecule has 0 radical (unpaired) electrons. The molecule has 19 heteroatoms. The van der Waals surface area contributed by atoms with Crippen molar-refractivity contribution in [3.8, 4) is 0 Å². The van der Waals surface area contributed by atoms with Gasteiger partial charge >= 0.3 is 11.9 Å². The van der Waals surface area contributed by atoms with Crippen molar-refractivity contribution in [3.63, 3.8) is 0 Å². The minimum atomic E-state index is -2.45. The molecule has 1 aromatic carbocycles. The van der Waals surface area contributed by atoms with Crippen LogP contribution in [0.1, 0.15) is 48.5 Å². The van der Waals surface area contributed by atoms with Crippen LogP contribution < -0.4 is 4.72 Å². The Morgan fingerprint density at radius 1 is 1.02 bits per heavy atom. The second-order valence-corrected chi connectivity index (χ2v) is 9.78. The van der Waals surface area contributed by atoms with E-state index in [0.29, 0.717) is 30.0 Å². The van der Waals surface area contributed by atoms with Crippen LogP contribution in [0.4, 0.5) is 5.69 Å². The molecule has 0 spiro atoms. The molecule has 18 nitrogen and oxygen atoms in total. The fraction of sp³-hybridized carbons (Fsp3) is 0.417. The molecule has 3 atom stereocenters. The van der Waals surface area contributed by atoms with Crippen molar-refractivity contribution in [1.29, 1.82) is 0 Å². The topological polar surface area (TPSA) is 244 Å². The predicted octanol–water partition coefficient (Wildman–Crippen LogP) is 0.0457. The van der Waals surface area contributed by atoms with E-state index in [1.54, 1.807) is 24.3 Å². The lowest BCUT2D eigenvalue weighted by molar-refractivity contribution is -0.144. The van der Waals surface area contributed by atoms with E-state index in [9.17, 15) is 33.0 Å². The number of hydrogen-bond donors (Lipinski definition) is 3. The SMILES string of the molecule is O=COCC[C@@H](C(=O)O)n1cc(CN(CCc2ccc(NS(=O)[O-])cc2)Cc2cn([C@@H](CCC(=O)O)OC=O)nn2)nn1. The number of nitrogens with zero attached hydrogens (tertiary/aromatic N) is 7. The fourth-order valence-corrected chi connectivity index (χ4v) is 4.36. The summed E-state index contributed by atoms with van der Waals surface area (Å²) in [6, 6.07) is 5.67. The van der Waals surface area contributed by atoms with Gasteiger partial charge in [-0.1, -0.05) is 22.6 Å². The maximum Gasteiger partial charge on any atom is 0.328 e.